The SMILES string of the molecule is O=C1[C@@H]2C[C@@H](O)CN2C(=O)c2ccccc2N1Cc1ccc([N+](=O)[O-])cc1. The molecule has 1 fully saturated rings. The number of benzene rings is 2. The van der Waals surface area contributed by atoms with Gasteiger partial charge in [0.05, 0.1) is 28.8 Å². The van der Waals surface area contributed by atoms with E-state index in [1.807, 2.05) is 0 Å². The van der Waals surface area contributed by atoms with Gasteiger partial charge in [0, 0.05) is 25.1 Å². The minimum Gasteiger partial charge on any atom is -0.391 e. The molecule has 0 aromatic heterocycles. The number of non-ortho nitro benzene ring substituents is 1. The number of hydrogen-bond donors (Lipinski definition) is 1. The summed E-state index contributed by atoms with van der Waals surface area (Å²) in [7, 11) is 0. The summed E-state index contributed by atoms with van der Waals surface area (Å²) in [5.74, 6) is -0.532. The summed E-state index contributed by atoms with van der Waals surface area (Å²) in [6, 6.07) is 12.1. The van der Waals surface area contributed by atoms with E-state index in [4.69, 9.17) is 0 Å². The molecular formula is C19H17N3O5. The van der Waals surface area contributed by atoms with Crippen molar-refractivity contribution in [3.05, 3.63) is 69.8 Å². The molecular weight excluding hydrogens is 350 g/mol. The second-order valence-corrected chi connectivity index (χ2v) is 6.73. The highest BCUT2D eigenvalue weighted by Gasteiger charge is 2.44. The fraction of sp³-hybridized carbons (Fsp3) is 0.263. The first-order valence-electron chi connectivity index (χ1n) is 8.58. The fourth-order valence-electron chi connectivity index (χ4n) is 3.68. The quantitative estimate of drug-likeness (QED) is 0.657. The van der Waals surface area contributed by atoms with Crippen LogP contribution in [-0.2, 0) is 11.3 Å². The second-order valence-electron chi connectivity index (χ2n) is 6.73. The Morgan fingerprint density at radius 3 is 2.52 bits per heavy atom. The average molecular weight is 367 g/mol. The molecule has 2 atom stereocenters. The van der Waals surface area contributed by atoms with Gasteiger partial charge in [-0.2, -0.15) is 0 Å². The molecule has 0 radical (unpaired) electrons. The minimum atomic E-state index is -0.727. The molecule has 8 nitrogen and oxygen atoms in total. The maximum Gasteiger partial charge on any atom is 0.269 e. The lowest BCUT2D eigenvalue weighted by atomic mass is 10.1. The van der Waals surface area contributed by atoms with Crippen LogP contribution in [0.25, 0.3) is 0 Å². The van der Waals surface area contributed by atoms with Crippen molar-refractivity contribution < 1.29 is 19.6 Å². The molecule has 4 rings (SSSR count). The standard InChI is InChI=1S/C19H17N3O5/c23-14-9-17-19(25)20(10-12-5-7-13(8-6-12)22(26)27)16-4-2-1-3-15(16)18(24)21(17)11-14/h1-8,14,17,23H,9-11H2/t14-,17+/m1/s1. The van der Waals surface area contributed by atoms with Crippen molar-refractivity contribution in [2.75, 3.05) is 11.4 Å². The van der Waals surface area contributed by atoms with Gasteiger partial charge >= 0.3 is 0 Å². The Labute approximate surface area is 154 Å². The van der Waals surface area contributed by atoms with Crippen molar-refractivity contribution in [1.82, 2.24) is 4.90 Å². The number of nitrogens with zero attached hydrogens (tertiary/aromatic N) is 3. The summed E-state index contributed by atoms with van der Waals surface area (Å²) >= 11 is 0. The van der Waals surface area contributed by atoms with Crippen LogP contribution < -0.4 is 4.90 Å². The van der Waals surface area contributed by atoms with E-state index < -0.39 is 17.1 Å². The summed E-state index contributed by atoms with van der Waals surface area (Å²) in [4.78, 5) is 39.4. The highest BCUT2D eigenvalue weighted by Crippen LogP contribution is 2.33. The van der Waals surface area contributed by atoms with Gasteiger partial charge in [-0.05, 0) is 17.7 Å². The highest BCUT2D eigenvalue weighted by atomic mass is 16.6. The van der Waals surface area contributed by atoms with Crippen molar-refractivity contribution in [2.45, 2.75) is 25.1 Å². The van der Waals surface area contributed by atoms with Crippen LogP contribution >= 0.6 is 0 Å². The molecule has 2 aliphatic heterocycles. The monoisotopic (exact) mass is 367 g/mol. The summed E-state index contributed by atoms with van der Waals surface area (Å²) in [5.41, 5.74) is 1.60. The van der Waals surface area contributed by atoms with Crippen molar-refractivity contribution in [3.8, 4) is 0 Å². The van der Waals surface area contributed by atoms with E-state index in [1.54, 1.807) is 36.4 Å². The first kappa shape index (κ1) is 17.2. The van der Waals surface area contributed by atoms with E-state index in [9.17, 15) is 24.8 Å². The number of para-hydroxylation sites is 1. The largest absolute Gasteiger partial charge is 0.391 e. The molecule has 2 amide bonds. The molecule has 8 heteroatoms. The van der Waals surface area contributed by atoms with Crippen LogP contribution in [0.1, 0.15) is 22.3 Å². The number of amides is 2. The predicted molar refractivity (Wildman–Crippen MR) is 96.2 cm³/mol. The Hall–Kier alpha value is -3.26. The van der Waals surface area contributed by atoms with Crippen molar-refractivity contribution in [3.63, 3.8) is 0 Å². The highest BCUT2D eigenvalue weighted by molar-refractivity contribution is 6.11. The third-order valence-electron chi connectivity index (χ3n) is 5.00. The maximum absolute atomic E-state index is 13.2. The van der Waals surface area contributed by atoms with E-state index in [-0.39, 0.29) is 37.0 Å². The third-order valence-corrected chi connectivity index (χ3v) is 5.00. The smallest absolute Gasteiger partial charge is 0.269 e. The van der Waals surface area contributed by atoms with E-state index >= 15 is 0 Å². The Morgan fingerprint density at radius 1 is 1.11 bits per heavy atom. The number of hydrogen-bond acceptors (Lipinski definition) is 5. The second kappa shape index (κ2) is 6.48. The van der Waals surface area contributed by atoms with Gasteiger partial charge in [-0.1, -0.05) is 24.3 Å². The molecule has 0 aliphatic carbocycles. The van der Waals surface area contributed by atoms with Gasteiger partial charge < -0.3 is 14.9 Å². The zero-order valence-corrected chi connectivity index (χ0v) is 14.3. The zero-order chi connectivity index (χ0) is 19.1. The predicted octanol–water partition coefficient (Wildman–Crippen LogP) is 1.72. The van der Waals surface area contributed by atoms with Crippen LogP contribution in [0.4, 0.5) is 11.4 Å². The van der Waals surface area contributed by atoms with E-state index in [1.165, 1.54) is 21.9 Å². The van der Waals surface area contributed by atoms with Gasteiger partial charge in [0.15, 0.2) is 0 Å². The normalized spacial score (nSPS) is 21.7. The van der Waals surface area contributed by atoms with Crippen molar-refractivity contribution >= 4 is 23.2 Å². The number of rotatable bonds is 3. The lowest BCUT2D eigenvalue weighted by Crippen LogP contribution is -2.44. The zero-order valence-electron chi connectivity index (χ0n) is 14.3. The number of anilines is 1. The van der Waals surface area contributed by atoms with Crippen LogP contribution in [0.15, 0.2) is 48.5 Å². The lowest BCUT2D eigenvalue weighted by molar-refractivity contribution is -0.384. The molecule has 2 aromatic carbocycles. The first-order valence-corrected chi connectivity index (χ1v) is 8.58. The van der Waals surface area contributed by atoms with Crippen LogP contribution in [0, 0.1) is 10.1 Å². The van der Waals surface area contributed by atoms with Gasteiger partial charge in [0.25, 0.3) is 11.6 Å². The van der Waals surface area contributed by atoms with Crippen molar-refractivity contribution in [2.24, 2.45) is 0 Å². The Morgan fingerprint density at radius 2 is 1.81 bits per heavy atom. The number of aliphatic hydroxyl groups is 1. The topological polar surface area (TPSA) is 104 Å². The average Bonchev–Trinajstić information content (AvgIpc) is 3.04. The van der Waals surface area contributed by atoms with Crippen LogP contribution in [0.3, 0.4) is 0 Å². The lowest BCUT2D eigenvalue weighted by Gasteiger charge is -2.25. The summed E-state index contributed by atoms with van der Waals surface area (Å²) in [6.45, 7) is 0.316. The molecule has 2 aliphatic rings. The van der Waals surface area contributed by atoms with E-state index in [0.29, 0.717) is 16.8 Å². The van der Waals surface area contributed by atoms with Crippen LogP contribution in [0.2, 0.25) is 0 Å². The van der Waals surface area contributed by atoms with Crippen LogP contribution in [0.5, 0.6) is 0 Å². The molecule has 2 aromatic rings. The summed E-state index contributed by atoms with van der Waals surface area (Å²) < 4.78 is 0. The number of aliphatic hydroxyl groups excluding tert-OH is 1. The minimum absolute atomic E-state index is 0.0263. The first-order chi connectivity index (χ1) is 13.0. The molecule has 2 heterocycles. The van der Waals surface area contributed by atoms with E-state index in [2.05, 4.69) is 0 Å². The van der Waals surface area contributed by atoms with Gasteiger partial charge in [-0.25, -0.2) is 0 Å². The fourth-order valence-corrected chi connectivity index (χ4v) is 3.68. The Kier molecular flexibility index (Phi) is 4.12. The molecule has 0 saturated carbocycles. The molecule has 1 saturated heterocycles. The van der Waals surface area contributed by atoms with Gasteiger partial charge in [0.1, 0.15) is 6.04 Å². The number of fused-ring (bicyclic) bond motifs is 2. The van der Waals surface area contributed by atoms with Crippen molar-refractivity contribution in [1.29, 1.82) is 0 Å². The molecule has 0 bridgehead atoms. The molecule has 0 unspecified atom stereocenters. The summed E-state index contributed by atoms with van der Waals surface area (Å²) in [5, 5.41) is 20.8. The molecule has 1 N–H and O–H groups in total. The number of nitro groups is 1. The number of nitro benzene ring substituents is 1. The third kappa shape index (κ3) is 2.93. The molecule has 0 spiro atoms. The van der Waals surface area contributed by atoms with Gasteiger partial charge in [-0.3, -0.25) is 19.7 Å². The number of carbonyl (C=O) groups is 2. The summed E-state index contributed by atoms with van der Waals surface area (Å²) in [6.07, 6.45) is -0.524. The maximum atomic E-state index is 13.2. The molecule has 138 valence electrons. The number of carbonyl (C=O) groups excluding carboxylic acids is 2. The Balaban J connectivity index is 1.73. The van der Waals surface area contributed by atoms with Gasteiger partial charge in [0.2, 0.25) is 5.91 Å². The molecule has 27 heavy (non-hydrogen) atoms. The van der Waals surface area contributed by atoms with Crippen LogP contribution in [-0.4, -0.2) is 45.4 Å². The van der Waals surface area contributed by atoms with Gasteiger partial charge in [-0.15, -0.1) is 0 Å². The van der Waals surface area contributed by atoms with E-state index in [0.717, 1.165) is 0 Å². The Bertz CT molecular complexity index is 927.